The van der Waals surface area contributed by atoms with Gasteiger partial charge in [0.15, 0.2) is 11.8 Å². The highest BCUT2D eigenvalue weighted by Gasteiger charge is 2.64. The molecule has 5 rings (SSSR count). The first-order valence-corrected chi connectivity index (χ1v) is 16.6. The molecule has 2 amide bonds. The largest absolute Gasteiger partial charge is 0.447 e. The van der Waals surface area contributed by atoms with Gasteiger partial charge < -0.3 is 15.8 Å². The maximum atomic E-state index is 15.6. The van der Waals surface area contributed by atoms with Crippen molar-refractivity contribution >= 4 is 29.6 Å². The van der Waals surface area contributed by atoms with Gasteiger partial charge in [-0.05, 0) is 66.6 Å². The molecule has 2 heterocycles. The van der Waals surface area contributed by atoms with Crippen LogP contribution in [0.2, 0.25) is 5.02 Å². The first-order valence-electron chi connectivity index (χ1n) is 16.2. The van der Waals surface area contributed by atoms with Crippen LogP contribution in [-0.2, 0) is 11.8 Å². The number of rotatable bonds is 11. The topological polar surface area (TPSA) is 146 Å². The minimum absolute atomic E-state index is 0.0535. The molecule has 3 N–H and O–H groups in total. The number of aryl methyl sites for hydroxylation is 1. The summed E-state index contributed by atoms with van der Waals surface area (Å²) >= 11 is 6.40. The number of halogens is 7. The van der Waals surface area contributed by atoms with Gasteiger partial charge in [-0.2, -0.15) is 23.4 Å². The number of hydrogen-bond acceptors (Lipinski definition) is 7. The summed E-state index contributed by atoms with van der Waals surface area (Å²) in [5.74, 6) is -2.94. The van der Waals surface area contributed by atoms with E-state index in [-0.39, 0.29) is 52.2 Å². The van der Waals surface area contributed by atoms with Gasteiger partial charge in [0.25, 0.3) is 12.3 Å². The van der Waals surface area contributed by atoms with Crippen molar-refractivity contribution in [3.63, 3.8) is 0 Å². The fraction of sp³-hybridized carbons (Fsp3) is 0.412. The van der Waals surface area contributed by atoms with E-state index in [4.69, 9.17) is 22.1 Å². The van der Waals surface area contributed by atoms with E-state index in [0.29, 0.717) is 12.1 Å². The zero-order valence-corrected chi connectivity index (χ0v) is 29.7. The summed E-state index contributed by atoms with van der Waals surface area (Å²) in [5, 5.41) is 9.81. The van der Waals surface area contributed by atoms with E-state index in [0.717, 1.165) is 22.0 Å². The molecule has 0 aliphatic heterocycles. The van der Waals surface area contributed by atoms with Crippen molar-refractivity contribution < 1.29 is 40.7 Å². The minimum atomic E-state index is -4.76. The molecular formula is C34H36ClF6N9O3. The Morgan fingerprint density at radius 1 is 1.13 bits per heavy atom. The lowest BCUT2D eigenvalue weighted by molar-refractivity contribution is -0.164. The molecular weight excluding hydrogens is 732 g/mol. The van der Waals surface area contributed by atoms with Crippen LogP contribution in [-0.4, -0.2) is 72.3 Å². The lowest BCUT2D eigenvalue weighted by Crippen LogP contribution is -2.49. The Morgan fingerprint density at radius 2 is 1.85 bits per heavy atom. The Labute approximate surface area is 305 Å². The SMILES string of the molecule is Cn1ccc(-c2ccc(C(=O)N(C(N)=NCCC(C)(C)C)[C@H](COC(=O)NC3(C(F)(F)F)CC3)c3ccc(Cl)c(-n4ncnc4C(F)F)c3)cc2F)n1. The van der Waals surface area contributed by atoms with Crippen LogP contribution >= 0.6 is 11.6 Å². The standard InChI is InChI=1S/C34H36ClF6N9O3/c1-32(2,3)12-13-43-30(42)49(29(51)20-5-7-21(23(36)15-20)24-9-14-48(4)47-24)26(17-53-31(52)46-33(10-11-33)34(39,40)41)19-6-8-22(35)25(16-19)50-28(27(37)38)44-18-45-50/h5-9,14-16,18,26-27H,10-13,17H2,1-4H3,(H2,42,43)(H,46,52)/t26-/m1/s1. The first-order chi connectivity index (χ1) is 24.8. The Morgan fingerprint density at radius 3 is 2.43 bits per heavy atom. The van der Waals surface area contributed by atoms with Crippen LogP contribution in [0.25, 0.3) is 16.9 Å². The van der Waals surface area contributed by atoms with E-state index in [1.807, 2.05) is 26.1 Å². The second-order valence-corrected chi connectivity index (χ2v) is 14.1. The number of amides is 2. The molecule has 0 saturated heterocycles. The normalized spacial score (nSPS) is 15.0. The molecule has 53 heavy (non-hydrogen) atoms. The zero-order valence-electron chi connectivity index (χ0n) is 29.0. The molecule has 12 nitrogen and oxygen atoms in total. The van der Waals surface area contributed by atoms with E-state index in [1.165, 1.54) is 35.0 Å². The molecule has 1 saturated carbocycles. The number of nitrogens with one attached hydrogen (secondary N) is 1. The summed E-state index contributed by atoms with van der Waals surface area (Å²) < 4.78 is 91.7. The van der Waals surface area contributed by atoms with Gasteiger partial charge in [-0.15, -0.1) is 0 Å². The van der Waals surface area contributed by atoms with Crippen LogP contribution in [0.3, 0.4) is 0 Å². The van der Waals surface area contributed by atoms with Gasteiger partial charge in [-0.25, -0.2) is 27.6 Å². The Balaban J connectivity index is 1.60. The van der Waals surface area contributed by atoms with Crippen molar-refractivity contribution in [2.24, 2.45) is 23.2 Å². The van der Waals surface area contributed by atoms with Gasteiger partial charge in [0.2, 0.25) is 0 Å². The van der Waals surface area contributed by atoms with Gasteiger partial charge in [-0.3, -0.25) is 19.4 Å². The number of nitrogens with two attached hydrogens (primary N) is 1. The molecule has 2 aromatic carbocycles. The number of benzene rings is 2. The van der Waals surface area contributed by atoms with Crippen molar-refractivity contribution in [1.29, 1.82) is 0 Å². The van der Waals surface area contributed by atoms with Crippen LogP contribution in [0.5, 0.6) is 0 Å². The minimum Gasteiger partial charge on any atom is -0.447 e. The number of carbonyl (C=O) groups excluding carboxylic acids is 2. The third kappa shape index (κ3) is 8.92. The second-order valence-electron chi connectivity index (χ2n) is 13.7. The number of alkyl carbamates (subject to hydrolysis) is 1. The van der Waals surface area contributed by atoms with Crippen LogP contribution in [0, 0.1) is 11.2 Å². The molecule has 0 spiro atoms. The van der Waals surface area contributed by atoms with Gasteiger partial charge in [0.1, 0.15) is 24.3 Å². The Hall–Kier alpha value is -5.13. The summed E-state index contributed by atoms with van der Waals surface area (Å²) in [5.41, 5.74) is 3.86. The number of nitrogens with zero attached hydrogens (tertiary/aromatic N) is 7. The average molecular weight is 768 g/mol. The third-order valence-corrected chi connectivity index (χ3v) is 8.80. The molecule has 0 unspecified atom stereocenters. The third-order valence-electron chi connectivity index (χ3n) is 8.48. The lowest BCUT2D eigenvalue weighted by atomic mass is 9.92. The number of alkyl halides is 5. The average Bonchev–Trinajstić information content (AvgIpc) is 3.48. The van der Waals surface area contributed by atoms with Crippen molar-refractivity contribution in [2.45, 2.75) is 64.2 Å². The van der Waals surface area contributed by atoms with Crippen molar-refractivity contribution in [2.75, 3.05) is 13.2 Å². The highest BCUT2D eigenvalue weighted by atomic mass is 35.5. The maximum Gasteiger partial charge on any atom is 0.411 e. The molecule has 2 aromatic heterocycles. The van der Waals surface area contributed by atoms with Gasteiger partial charge >= 0.3 is 12.3 Å². The van der Waals surface area contributed by atoms with Crippen molar-refractivity contribution in [3.8, 4) is 16.9 Å². The van der Waals surface area contributed by atoms with E-state index >= 15 is 4.39 Å². The highest BCUT2D eigenvalue weighted by Crippen LogP contribution is 2.49. The predicted molar refractivity (Wildman–Crippen MR) is 182 cm³/mol. The van der Waals surface area contributed by atoms with E-state index in [1.54, 1.807) is 19.3 Å². The van der Waals surface area contributed by atoms with Crippen LogP contribution in [0.4, 0.5) is 31.1 Å². The van der Waals surface area contributed by atoms with Gasteiger partial charge in [0, 0.05) is 30.9 Å². The molecule has 284 valence electrons. The number of ether oxygens (including phenoxy) is 1. The fourth-order valence-corrected chi connectivity index (χ4v) is 5.53. The quantitative estimate of drug-likeness (QED) is 0.0937. The number of guanidine groups is 1. The molecule has 1 aliphatic rings. The molecule has 1 aliphatic carbocycles. The van der Waals surface area contributed by atoms with Crippen LogP contribution in [0.15, 0.2) is 60.0 Å². The van der Waals surface area contributed by atoms with E-state index < -0.39 is 60.4 Å². The molecule has 4 aromatic rings. The number of aliphatic imine (C=N–C) groups is 1. The molecule has 19 heteroatoms. The Bertz CT molecular complexity index is 2000. The maximum absolute atomic E-state index is 15.6. The summed E-state index contributed by atoms with van der Waals surface area (Å²) in [6.45, 7) is 5.13. The lowest BCUT2D eigenvalue weighted by Gasteiger charge is -2.32. The predicted octanol–water partition coefficient (Wildman–Crippen LogP) is 7.15. The summed E-state index contributed by atoms with van der Waals surface area (Å²) in [6, 6.07) is 7.58. The highest BCUT2D eigenvalue weighted by molar-refractivity contribution is 6.32. The van der Waals surface area contributed by atoms with Crippen molar-refractivity contribution in [1.82, 2.24) is 34.8 Å². The summed E-state index contributed by atoms with van der Waals surface area (Å²) in [7, 11) is 1.65. The smallest absolute Gasteiger partial charge is 0.411 e. The van der Waals surface area contributed by atoms with Crippen LogP contribution < -0.4 is 11.1 Å². The van der Waals surface area contributed by atoms with E-state index in [9.17, 15) is 31.5 Å². The number of carbonyl (C=O) groups is 2. The number of hydrogen-bond donors (Lipinski definition) is 2. The Kier molecular flexibility index (Phi) is 11.1. The fourth-order valence-electron chi connectivity index (χ4n) is 5.34. The summed E-state index contributed by atoms with van der Waals surface area (Å²) in [4.78, 5) is 36.1. The second kappa shape index (κ2) is 15.1. The summed E-state index contributed by atoms with van der Waals surface area (Å²) in [6.07, 6.45) is -7.02. The first kappa shape index (κ1) is 39.1. The van der Waals surface area contributed by atoms with Gasteiger partial charge in [-0.1, -0.05) is 38.4 Å². The zero-order chi connectivity index (χ0) is 38.9. The molecule has 1 atom stereocenters. The molecule has 0 radical (unpaired) electrons. The van der Waals surface area contributed by atoms with Crippen LogP contribution in [0.1, 0.15) is 74.2 Å². The molecule has 1 fully saturated rings. The van der Waals surface area contributed by atoms with Crippen molar-refractivity contribution in [3.05, 3.63) is 82.8 Å². The monoisotopic (exact) mass is 767 g/mol. The molecule has 0 bridgehead atoms. The van der Waals surface area contributed by atoms with E-state index in [2.05, 4.69) is 20.2 Å². The number of aromatic nitrogens is 5. The van der Waals surface area contributed by atoms with Gasteiger partial charge in [0.05, 0.1) is 22.4 Å².